The lowest BCUT2D eigenvalue weighted by Gasteiger charge is -2.32. The molecule has 1 N–H and O–H groups in total. The fourth-order valence-electron chi connectivity index (χ4n) is 1.70. The molecule has 108 valence electrons. The van der Waals surface area contributed by atoms with Crippen LogP contribution < -0.4 is 0 Å². The minimum absolute atomic E-state index is 0.379. The first kappa shape index (κ1) is 14.7. The zero-order valence-electron chi connectivity index (χ0n) is 9.77. The summed E-state index contributed by atoms with van der Waals surface area (Å²) in [4.78, 5) is 3.52. The summed E-state index contributed by atoms with van der Waals surface area (Å²) in [5.74, 6) is -2.31. The summed E-state index contributed by atoms with van der Waals surface area (Å²) in [6.07, 6.45) is 2.10. The van der Waals surface area contributed by atoms with Gasteiger partial charge in [0.25, 0.3) is 0 Å². The van der Waals surface area contributed by atoms with Gasteiger partial charge in [0, 0.05) is 11.6 Å². The minimum atomic E-state index is -4.21. The van der Waals surface area contributed by atoms with Crippen molar-refractivity contribution in [3.05, 3.63) is 48.1 Å². The number of aliphatic hydroxyl groups is 1. The molecule has 1 aromatic carbocycles. The molecule has 1 heterocycles. The van der Waals surface area contributed by atoms with Gasteiger partial charge in [0.15, 0.2) is 5.60 Å². The van der Waals surface area contributed by atoms with Crippen LogP contribution in [0.4, 0.5) is 17.6 Å². The molecule has 0 aliphatic carbocycles. The average molecular weight is 310 g/mol. The summed E-state index contributed by atoms with van der Waals surface area (Å²) in [7, 11) is 0. The van der Waals surface area contributed by atoms with Gasteiger partial charge in [0.05, 0.1) is 6.54 Å². The van der Waals surface area contributed by atoms with E-state index in [0.29, 0.717) is 12.1 Å². The first-order valence-electron chi connectivity index (χ1n) is 5.31. The van der Waals surface area contributed by atoms with Gasteiger partial charge in [-0.3, -0.25) is 0 Å². The topological polar surface area (TPSA) is 50.9 Å². The van der Waals surface area contributed by atoms with Gasteiger partial charge >= 0.3 is 5.38 Å². The van der Waals surface area contributed by atoms with Gasteiger partial charge in [-0.1, -0.05) is 0 Å². The number of aromatic nitrogens is 3. The zero-order valence-corrected chi connectivity index (χ0v) is 10.5. The van der Waals surface area contributed by atoms with E-state index in [-0.39, 0.29) is 0 Å². The molecule has 0 amide bonds. The number of hydrogen-bond donors (Lipinski definition) is 1. The van der Waals surface area contributed by atoms with Crippen LogP contribution in [0.1, 0.15) is 5.56 Å². The van der Waals surface area contributed by atoms with E-state index in [0.717, 1.165) is 23.4 Å². The number of alkyl halides is 3. The summed E-state index contributed by atoms with van der Waals surface area (Å²) < 4.78 is 54.4. The summed E-state index contributed by atoms with van der Waals surface area (Å²) in [6.45, 7) is -0.855. The SMILES string of the molecule is OC(Cn1cncn1)(c1ccc(F)cc1F)C(F)(F)Cl. The predicted octanol–water partition coefficient (Wildman–Crippen LogP) is 2.28. The van der Waals surface area contributed by atoms with Gasteiger partial charge in [0.2, 0.25) is 0 Å². The van der Waals surface area contributed by atoms with Crippen molar-refractivity contribution in [1.82, 2.24) is 14.8 Å². The number of rotatable bonds is 4. The summed E-state index contributed by atoms with van der Waals surface area (Å²) >= 11 is 4.90. The van der Waals surface area contributed by atoms with Crippen LogP contribution in [0.5, 0.6) is 0 Å². The highest BCUT2D eigenvalue weighted by Gasteiger charge is 2.54. The predicted molar refractivity (Wildman–Crippen MR) is 61.1 cm³/mol. The fraction of sp³-hybridized carbons (Fsp3) is 0.273. The Balaban J connectivity index is 2.52. The molecule has 0 aliphatic heterocycles. The van der Waals surface area contributed by atoms with Crippen LogP contribution in [0.25, 0.3) is 0 Å². The highest BCUT2D eigenvalue weighted by molar-refractivity contribution is 6.22. The summed E-state index contributed by atoms with van der Waals surface area (Å²) in [5.41, 5.74) is -3.95. The van der Waals surface area contributed by atoms with Gasteiger partial charge < -0.3 is 5.11 Å². The number of halogens is 5. The largest absolute Gasteiger partial charge is 0.376 e. The van der Waals surface area contributed by atoms with E-state index >= 15 is 0 Å². The zero-order chi connectivity index (χ0) is 15.0. The maximum absolute atomic E-state index is 13.7. The number of hydrogen-bond acceptors (Lipinski definition) is 3. The molecule has 2 rings (SSSR count). The molecule has 2 aromatic rings. The van der Waals surface area contributed by atoms with Gasteiger partial charge in [0.1, 0.15) is 24.3 Å². The molecule has 4 nitrogen and oxygen atoms in total. The fourth-order valence-corrected chi connectivity index (χ4v) is 1.86. The monoisotopic (exact) mass is 309 g/mol. The lowest BCUT2D eigenvalue weighted by atomic mass is 9.93. The second-order valence-electron chi connectivity index (χ2n) is 4.08. The van der Waals surface area contributed by atoms with Crippen LogP contribution in [-0.4, -0.2) is 25.3 Å². The van der Waals surface area contributed by atoms with Crippen LogP contribution in [0, 0.1) is 11.6 Å². The molecule has 0 bridgehead atoms. The van der Waals surface area contributed by atoms with Crippen molar-refractivity contribution in [2.45, 2.75) is 17.5 Å². The lowest BCUT2D eigenvalue weighted by Crippen LogP contribution is -2.46. The molecule has 1 atom stereocenters. The Labute approximate surface area is 115 Å². The molecule has 0 saturated heterocycles. The normalized spacial score (nSPS) is 15.1. The summed E-state index contributed by atoms with van der Waals surface area (Å²) in [6, 6.07) is 1.83. The molecule has 0 radical (unpaired) electrons. The van der Waals surface area contributed by atoms with Crippen molar-refractivity contribution in [2.24, 2.45) is 0 Å². The van der Waals surface area contributed by atoms with Crippen molar-refractivity contribution < 1.29 is 22.7 Å². The Morgan fingerprint density at radius 2 is 2.00 bits per heavy atom. The molecule has 0 saturated carbocycles. The quantitative estimate of drug-likeness (QED) is 0.696. The highest BCUT2D eigenvalue weighted by Crippen LogP contribution is 2.43. The van der Waals surface area contributed by atoms with Crippen molar-refractivity contribution >= 4 is 11.6 Å². The maximum Gasteiger partial charge on any atom is 0.355 e. The Kier molecular flexibility index (Phi) is 3.70. The molecule has 0 spiro atoms. The third kappa shape index (κ3) is 2.61. The number of nitrogens with zero attached hydrogens (tertiary/aromatic N) is 3. The second kappa shape index (κ2) is 5.02. The third-order valence-corrected chi connectivity index (χ3v) is 3.02. The van der Waals surface area contributed by atoms with E-state index in [2.05, 4.69) is 10.1 Å². The molecule has 1 unspecified atom stereocenters. The van der Waals surface area contributed by atoms with Gasteiger partial charge in [-0.05, 0) is 23.7 Å². The van der Waals surface area contributed by atoms with Crippen molar-refractivity contribution in [1.29, 1.82) is 0 Å². The molecule has 9 heteroatoms. The Hall–Kier alpha value is -1.67. The molecule has 1 aromatic heterocycles. The van der Waals surface area contributed by atoms with E-state index < -0.39 is 34.7 Å². The standard InChI is InChI=1S/C11H8ClF4N3O/c12-11(15,16)10(20,4-19-6-17-5-18-19)8-2-1-7(13)3-9(8)14/h1-3,5-6,20H,4H2. The summed E-state index contributed by atoms with van der Waals surface area (Å²) in [5, 5.41) is 9.46. The van der Waals surface area contributed by atoms with Crippen molar-refractivity contribution in [2.75, 3.05) is 0 Å². The first-order valence-corrected chi connectivity index (χ1v) is 5.69. The van der Waals surface area contributed by atoms with E-state index in [4.69, 9.17) is 11.6 Å². The third-order valence-electron chi connectivity index (χ3n) is 2.70. The lowest BCUT2D eigenvalue weighted by molar-refractivity contribution is -0.145. The Morgan fingerprint density at radius 3 is 2.50 bits per heavy atom. The van der Waals surface area contributed by atoms with Crippen LogP contribution in [0.3, 0.4) is 0 Å². The number of benzene rings is 1. The van der Waals surface area contributed by atoms with Crippen LogP contribution in [0.2, 0.25) is 0 Å². The van der Waals surface area contributed by atoms with E-state index in [1.54, 1.807) is 0 Å². The van der Waals surface area contributed by atoms with Crippen LogP contribution >= 0.6 is 11.6 Å². The first-order chi connectivity index (χ1) is 9.24. The minimum Gasteiger partial charge on any atom is -0.376 e. The smallest absolute Gasteiger partial charge is 0.355 e. The van der Waals surface area contributed by atoms with Gasteiger partial charge in [-0.15, -0.1) is 0 Å². The Morgan fingerprint density at radius 1 is 1.30 bits per heavy atom. The van der Waals surface area contributed by atoms with Crippen LogP contribution in [-0.2, 0) is 12.1 Å². The van der Waals surface area contributed by atoms with E-state index in [9.17, 15) is 22.7 Å². The molecular formula is C11H8ClF4N3O. The van der Waals surface area contributed by atoms with Gasteiger partial charge in [-0.2, -0.15) is 13.9 Å². The maximum atomic E-state index is 13.7. The Bertz CT molecular complexity index is 602. The molecule has 0 aliphatic rings. The van der Waals surface area contributed by atoms with Crippen molar-refractivity contribution in [3.8, 4) is 0 Å². The van der Waals surface area contributed by atoms with Crippen molar-refractivity contribution in [3.63, 3.8) is 0 Å². The van der Waals surface area contributed by atoms with Crippen LogP contribution in [0.15, 0.2) is 30.9 Å². The highest BCUT2D eigenvalue weighted by atomic mass is 35.5. The second-order valence-corrected chi connectivity index (χ2v) is 4.55. The van der Waals surface area contributed by atoms with E-state index in [1.165, 1.54) is 0 Å². The van der Waals surface area contributed by atoms with E-state index in [1.807, 2.05) is 0 Å². The average Bonchev–Trinajstić information content (AvgIpc) is 2.79. The molecule has 20 heavy (non-hydrogen) atoms. The van der Waals surface area contributed by atoms with Gasteiger partial charge in [-0.25, -0.2) is 18.4 Å². The molecular weight excluding hydrogens is 302 g/mol. The molecule has 0 fully saturated rings.